The predicted octanol–water partition coefficient (Wildman–Crippen LogP) is 10.1. The number of furan rings is 1. The predicted molar refractivity (Wildman–Crippen MR) is 182 cm³/mol. The van der Waals surface area contributed by atoms with Crippen molar-refractivity contribution in [2.75, 3.05) is 0 Å². The van der Waals surface area contributed by atoms with Crippen LogP contribution in [-0.4, -0.2) is 19.9 Å². The van der Waals surface area contributed by atoms with Crippen molar-refractivity contribution >= 4 is 43.6 Å². The van der Waals surface area contributed by atoms with Gasteiger partial charge in [-0.1, -0.05) is 127 Å². The average Bonchev–Trinajstić information content (AvgIpc) is 3.51. The highest BCUT2D eigenvalue weighted by atomic mass is 16.3. The maximum atomic E-state index is 6.56. The van der Waals surface area contributed by atoms with Crippen molar-refractivity contribution in [2.45, 2.75) is 0 Å². The Bertz CT molecular complexity index is 2480. The summed E-state index contributed by atoms with van der Waals surface area (Å²) in [5, 5.41) is 5.31. The van der Waals surface area contributed by atoms with Crippen LogP contribution in [0.2, 0.25) is 0 Å². The van der Waals surface area contributed by atoms with Gasteiger partial charge >= 0.3 is 0 Å². The number of para-hydroxylation sites is 1. The fraction of sp³-hybridized carbons (Fsp3) is 0. The van der Waals surface area contributed by atoms with Gasteiger partial charge in [-0.2, -0.15) is 0 Å². The molecular formula is C40H24N4O. The zero-order chi connectivity index (χ0) is 29.7. The maximum absolute atomic E-state index is 6.56. The van der Waals surface area contributed by atoms with Crippen LogP contribution in [0.4, 0.5) is 0 Å². The van der Waals surface area contributed by atoms with E-state index in [-0.39, 0.29) is 0 Å². The topological polar surface area (TPSA) is 64.7 Å². The minimum Gasteiger partial charge on any atom is -0.455 e. The summed E-state index contributed by atoms with van der Waals surface area (Å²) >= 11 is 0. The van der Waals surface area contributed by atoms with Crippen LogP contribution >= 0.6 is 0 Å². The standard InChI is InChI=1S/C40H24N4O/c1-3-13-26(14-4-1)38-42-39(27-15-5-2-6-16-27)44-40(43-38)28-22-23-31-33(24-28)41-36(30-20-11-17-25-12-7-8-18-29(25)30)35-32-19-9-10-21-34(32)45-37(31)35/h1-24H. The van der Waals surface area contributed by atoms with Crippen molar-refractivity contribution in [3.05, 3.63) is 146 Å². The van der Waals surface area contributed by atoms with Crippen molar-refractivity contribution < 1.29 is 4.42 Å². The Morgan fingerprint density at radius 1 is 0.422 bits per heavy atom. The summed E-state index contributed by atoms with van der Waals surface area (Å²) < 4.78 is 6.56. The zero-order valence-corrected chi connectivity index (χ0v) is 24.1. The van der Waals surface area contributed by atoms with Gasteiger partial charge in [-0.25, -0.2) is 19.9 Å². The van der Waals surface area contributed by atoms with Gasteiger partial charge in [0.1, 0.15) is 11.2 Å². The monoisotopic (exact) mass is 576 g/mol. The van der Waals surface area contributed by atoms with Gasteiger partial charge in [0.15, 0.2) is 17.5 Å². The van der Waals surface area contributed by atoms with Crippen molar-refractivity contribution in [1.82, 2.24) is 19.9 Å². The molecule has 0 fully saturated rings. The fourth-order valence-corrected chi connectivity index (χ4v) is 6.17. The summed E-state index contributed by atoms with van der Waals surface area (Å²) in [6.45, 7) is 0. The van der Waals surface area contributed by atoms with E-state index in [1.54, 1.807) is 0 Å². The number of nitrogens with zero attached hydrogens (tertiary/aromatic N) is 4. The molecule has 5 heteroatoms. The quantitative estimate of drug-likeness (QED) is 0.209. The van der Waals surface area contributed by atoms with E-state index in [0.717, 1.165) is 66.2 Å². The van der Waals surface area contributed by atoms with Gasteiger partial charge in [0, 0.05) is 33.0 Å². The molecule has 0 aliphatic carbocycles. The first-order valence-electron chi connectivity index (χ1n) is 14.9. The third-order valence-electron chi connectivity index (χ3n) is 8.31. The highest BCUT2D eigenvalue weighted by molar-refractivity contribution is 6.21. The van der Waals surface area contributed by atoms with Crippen LogP contribution in [0.5, 0.6) is 0 Å². The molecule has 0 spiro atoms. The second kappa shape index (κ2) is 10.2. The first kappa shape index (κ1) is 25.3. The minimum absolute atomic E-state index is 0.586. The van der Waals surface area contributed by atoms with Crippen LogP contribution in [-0.2, 0) is 0 Å². The van der Waals surface area contributed by atoms with Crippen molar-refractivity contribution in [2.24, 2.45) is 0 Å². The normalized spacial score (nSPS) is 11.6. The third-order valence-corrected chi connectivity index (χ3v) is 8.31. The lowest BCUT2D eigenvalue weighted by atomic mass is 9.97. The first-order valence-corrected chi connectivity index (χ1v) is 14.9. The van der Waals surface area contributed by atoms with E-state index in [9.17, 15) is 0 Å². The molecule has 0 aliphatic rings. The summed E-state index contributed by atoms with van der Waals surface area (Å²) in [7, 11) is 0. The molecule has 0 radical (unpaired) electrons. The number of hydrogen-bond donors (Lipinski definition) is 0. The van der Waals surface area contributed by atoms with Gasteiger partial charge in [-0.15, -0.1) is 0 Å². The SMILES string of the molecule is c1ccc(-c2nc(-c3ccccc3)nc(-c3ccc4c(c3)nc(-c3cccc5ccccc35)c3c5ccccc5oc43)n2)cc1. The summed E-state index contributed by atoms with van der Waals surface area (Å²) in [4.78, 5) is 20.1. The number of benzene rings is 6. The van der Waals surface area contributed by atoms with Crippen LogP contribution < -0.4 is 0 Å². The van der Waals surface area contributed by atoms with Crippen LogP contribution in [0.15, 0.2) is 150 Å². The largest absolute Gasteiger partial charge is 0.455 e. The van der Waals surface area contributed by atoms with Gasteiger partial charge in [-0.05, 0) is 29.0 Å². The van der Waals surface area contributed by atoms with Gasteiger partial charge < -0.3 is 4.42 Å². The molecule has 0 saturated carbocycles. The molecule has 0 unspecified atom stereocenters. The molecule has 6 aromatic carbocycles. The van der Waals surface area contributed by atoms with E-state index in [1.807, 2.05) is 84.9 Å². The molecule has 0 aliphatic heterocycles. The molecule has 0 amide bonds. The van der Waals surface area contributed by atoms with Gasteiger partial charge in [0.25, 0.3) is 0 Å². The molecular weight excluding hydrogens is 552 g/mol. The molecule has 210 valence electrons. The zero-order valence-electron chi connectivity index (χ0n) is 24.1. The highest BCUT2D eigenvalue weighted by Gasteiger charge is 2.20. The smallest absolute Gasteiger partial charge is 0.164 e. The first-order chi connectivity index (χ1) is 22.3. The van der Waals surface area contributed by atoms with E-state index in [4.69, 9.17) is 24.4 Å². The van der Waals surface area contributed by atoms with Crippen molar-refractivity contribution in [3.63, 3.8) is 0 Å². The van der Waals surface area contributed by atoms with Crippen LogP contribution in [0, 0.1) is 0 Å². The van der Waals surface area contributed by atoms with Gasteiger partial charge in [-0.3, -0.25) is 0 Å². The molecule has 0 N–H and O–H groups in total. The summed E-state index contributed by atoms with van der Waals surface area (Å²) in [5.41, 5.74) is 7.14. The van der Waals surface area contributed by atoms with E-state index in [1.165, 1.54) is 5.39 Å². The maximum Gasteiger partial charge on any atom is 0.164 e. The lowest BCUT2D eigenvalue weighted by Gasteiger charge is -2.11. The lowest BCUT2D eigenvalue weighted by molar-refractivity contribution is 0.672. The minimum atomic E-state index is 0.586. The van der Waals surface area contributed by atoms with Crippen LogP contribution in [0.1, 0.15) is 0 Å². The highest BCUT2D eigenvalue weighted by Crippen LogP contribution is 2.42. The van der Waals surface area contributed by atoms with E-state index in [0.29, 0.717) is 17.5 Å². The summed E-state index contributed by atoms with van der Waals surface area (Å²) in [6.07, 6.45) is 0. The molecule has 9 rings (SSSR count). The second-order valence-electron chi connectivity index (χ2n) is 11.1. The third kappa shape index (κ3) is 4.25. The Morgan fingerprint density at radius 3 is 1.76 bits per heavy atom. The molecule has 0 bridgehead atoms. The Morgan fingerprint density at radius 2 is 1.02 bits per heavy atom. The second-order valence-corrected chi connectivity index (χ2v) is 11.1. The van der Waals surface area contributed by atoms with Gasteiger partial charge in [0.05, 0.1) is 16.6 Å². The van der Waals surface area contributed by atoms with Crippen LogP contribution in [0.25, 0.3) is 89.0 Å². The van der Waals surface area contributed by atoms with E-state index < -0.39 is 0 Å². The molecule has 0 saturated heterocycles. The number of rotatable bonds is 4. The molecule has 3 aromatic heterocycles. The molecule has 5 nitrogen and oxygen atoms in total. The molecule has 0 atom stereocenters. The van der Waals surface area contributed by atoms with E-state index >= 15 is 0 Å². The summed E-state index contributed by atoms with van der Waals surface area (Å²) in [5.74, 6) is 1.83. The Hall–Kier alpha value is -6.20. The fourth-order valence-electron chi connectivity index (χ4n) is 6.17. The van der Waals surface area contributed by atoms with Crippen molar-refractivity contribution in [1.29, 1.82) is 0 Å². The molecule has 9 aromatic rings. The average molecular weight is 577 g/mol. The molecule has 45 heavy (non-hydrogen) atoms. The number of aromatic nitrogens is 4. The summed E-state index contributed by atoms with van der Waals surface area (Å²) in [6, 6.07) is 49.2. The number of fused-ring (bicyclic) bond motifs is 6. The van der Waals surface area contributed by atoms with Gasteiger partial charge in [0.2, 0.25) is 0 Å². The Labute approximate surface area is 258 Å². The lowest BCUT2D eigenvalue weighted by Crippen LogP contribution is -2.00. The van der Waals surface area contributed by atoms with E-state index in [2.05, 4.69) is 60.7 Å². The number of hydrogen-bond acceptors (Lipinski definition) is 5. The van der Waals surface area contributed by atoms with Crippen LogP contribution in [0.3, 0.4) is 0 Å². The molecule has 3 heterocycles. The van der Waals surface area contributed by atoms with Crippen molar-refractivity contribution in [3.8, 4) is 45.4 Å². The number of pyridine rings is 1. The Balaban J connectivity index is 1.32. The Kier molecular flexibility index (Phi) is 5.74.